The second-order valence-corrected chi connectivity index (χ2v) is 9.56. The first-order valence-corrected chi connectivity index (χ1v) is 12.5. The molecule has 5 rings (SSSR count). The van der Waals surface area contributed by atoms with Gasteiger partial charge in [-0.2, -0.15) is 4.98 Å². The fourth-order valence-electron chi connectivity index (χ4n) is 3.90. The topological polar surface area (TPSA) is 87.9 Å². The van der Waals surface area contributed by atoms with Crippen molar-refractivity contribution >= 4 is 38.5 Å². The van der Waals surface area contributed by atoms with Crippen LogP contribution in [0.25, 0.3) is 22.2 Å². The molecule has 1 aliphatic rings. The lowest BCUT2D eigenvalue weighted by atomic mass is 10.0. The third-order valence-electron chi connectivity index (χ3n) is 5.36. The van der Waals surface area contributed by atoms with Crippen LogP contribution >= 0.6 is 0 Å². The molecule has 170 valence electrons. The lowest BCUT2D eigenvalue weighted by molar-refractivity contribution is 0.0358. The lowest BCUT2D eigenvalue weighted by Crippen LogP contribution is -2.46. The van der Waals surface area contributed by atoms with Crippen molar-refractivity contribution in [3.63, 3.8) is 0 Å². The van der Waals surface area contributed by atoms with Gasteiger partial charge in [-0.15, -0.1) is 0 Å². The van der Waals surface area contributed by atoms with Crippen LogP contribution in [0.1, 0.15) is 0 Å². The molecule has 1 aromatic heterocycles. The summed E-state index contributed by atoms with van der Waals surface area (Å²) in [6.45, 7) is 2.75. The smallest absolute Gasteiger partial charge is 0.318 e. The van der Waals surface area contributed by atoms with E-state index in [1.54, 1.807) is 12.1 Å². The zero-order valence-electron chi connectivity index (χ0n) is 18.1. The maximum Gasteiger partial charge on any atom is 0.318 e. The molecule has 1 aliphatic heterocycles. The predicted molar refractivity (Wildman–Crippen MR) is 129 cm³/mol. The van der Waals surface area contributed by atoms with Crippen molar-refractivity contribution in [2.45, 2.75) is 0 Å². The molecule has 3 aromatic carbocycles. The molecule has 0 saturated carbocycles. The number of ether oxygens (including phenoxy) is 1. The minimum absolute atomic E-state index is 0.487. The first kappa shape index (κ1) is 21.4. The van der Waals surface area contributed by atoms with Crippen LogP contribution in [0.15, 0.2) is 77.2 Å². The molecule has 1 saturated heterocycles. The number of nitrogens with zero attached hydrogens (tertiary/aromatic N) is 3. The average Bonchev–Trinajstić information content (AvgIpc) is 3.24. The van der Waals surface area contributed by atoms with Crippen molar-refractivity contribution in [3.05, 3.63) is 72.8 Å². The molecule has 33 heavy (non-hydrogen) atoms. The summed E-state index contributed by atoms with van der Waals surface area (Å²) in [7, 11) is -3.33. The summed E-state index contributed by atoms with van der Waals surface area (Å²) in [5.74, 6) is 0. The minimum Gasteiger partial charge on any atom is -0.422 e. The summed E-state index contributed by atoms with van der Waals surface area (Å²) in [5, 5.41) is 4.18. The van der Waals surface area contributed by atoms with Gasteiger partial charge in [0.2, 0.25) is 10.0 Å². The number of hydrogen-bond donors (Lipinski definition) is 1. The second-order valence-electron chi connectivity index (χ2n) is 7.82. The fourth-order valence-corrected chi connectivity index (χ4v) is 4.47. The highest BCUT2D eigenvalue weighted by atomic mass is 32.2. The molecular formula is C24H24N4O4S. The van der Waals surface area contributed by atoms with Gasteiger partial charge >= 0.3 is 6.01 Å². The number of morpholine rings is 1. The number of sulfonamides is 1. The number of oxazole rings is 1. The number of aromatic nitrogens is 1. The van der Waals surface area contributed by atoms with Gasteiger partial charge < -0.3 is 9.15 Å². The molecule has 0 bridgehead atoms. The summed E-state index contributed by atoms with van der Waals surface area (Å²) in [6, 6.07) is 23.5. The Hall–Kier alpha value is -3.40. The molecule has 2 heterocycles. The van der Waals surface area contributed by atoms with Gasteiger partial charge in [-0.25, -0.2) is 18.4 Å². The minimum atomic E-state index is -3.33. The van der Waals surface area contributed by atoms with Gasteiger partial charge in [-0.05, 0) is 35.9 Å². The van der Waals surface area contributed by atoms with Gasteiger partial charge in [0, 0.05) is 24.3 Å². The van der Waals surface area contributed by atoms with E-state index in [-0.39, 0.29) is 0 Å². The molecule has 0 radical (unpaired) electrons. The van der Waals surface area contributed by atoms with Gasteiger partial charge in [0.25, 0.3) is 0 Å². The van der Waals surface area contributed by atoms with Crippen LogP contribution in [0, 0.1) is 0 Å². The zero-order valence-corrected chi connectivity index (χ0v) is 19.0. The third-order valence-corrected chi connectivity index (χ3v) is 5.96. The number of nitrogens with one attached hydrogen (secondary N) is 1. The van der Waals surface area contributed by atoms with Crippen LogP contribution in [-0.2, 0) is 14.8 Å². The van der Waals surface area contributed by atoms with Crippen LogP contribution in [0.4, 0.5) is 17.4 Å². The molecule has 0 amide bonds. The predicted octanol–water partition coefficient (Wildman–Crippen LogP) is 4.25. The third kappa shape index (κ3) is 4.70. The van der Waals surface area contributed by atoms with Crippen molar-refractivity contribution < 1.29 is 17.6 Å². The van der Waals surface area contributed by atoms with Crippen molar-refractivity contribution in [3.8, 4) is 11.1 Å². The average molecular weight is 465 g/mol. The Bertz CT molecular complexity index is 1350. The Morgan fingerprint density at radius 3 is 2.36 bits per heavy atom. The van der Waals surface area contributed by atoms with E-state index in [9.17, 15) is 8.42 Å². The molecule has 1 fully saturated rings. The summed E-state index contributed by atoms with van der Waals surface area (Å²) in [6.07, 6.45) is 1.13. The second kappa shape index (κ2) is 8.86. The SMILES string of the molecule is CS(=O)(=O)Nc1ccc(-c2cccc3nc(N(c4ccccc4)N4CCOCC4)oc23)cc1. The van der Waals surface area contributed by atoms with E-state index in [1.807, 2.05) is 65.7 Å². The molecule has 1 N–H and O–H groups in total. The Labute approximate surface area is 192 Å². The van der Waals surface area contributed by atoms with Crippen molar-refractivity contribution in [2.24, 2.45) is 0 Å². The van der Waals surface area contributed by atoms with Crippen LogP contribution in [-0.4, -0.2) is 51.0 Å². The fraction of sp³-hybridized carbons (Fsp3) is 0.208. The van der Waals surface area contributed by atoms with E-state index >= 15 is 0 Å². The summed E-state index contributed by atoms with van der Waals surface area (Å²) < 4.78 is 37.4. The van der Waals surface area contributed by atoms with Gasteiger partial charge in [-0.1, -0.05) is 42.5 Å². The molecule has 8 nitrogen and oxygen atoms in total. The summed E-state index contributed by atoms with van der Waals surface area (Å²) in [5.41, 5.74) is 4.67. The van der Waals surface area contributed by atoms with Crippen LogP contribution in [0.5, 0.6) is 0 Å². The van der Waals surface area contributed by atoms with E-state index in [0.717, 1.165) is 41.7 Å². The number of anilines is 3. The number of benzene rings is 3. The highest BCUT2D eigenvalue weighted by Crippen LogP contribution is 2.35. The monoisotopic (exact) mass is 464 g/mol. The molecule has 0 spiro atoms. The van der Waals surface area contributed by atoms with Gasteiger partial charge in [-0.3, -0.25) is 4.72 Å². The number of hydrogen-bond acceptors (Lipinski definition) is 7. The zero-order chi connectivity index (χ0) is 22.8. The molecule has 0 unspecified atom stereocenters. The van der Waals surface area contributed by atoms with E-state index < -0.39 is 10.0 Å². The molecule has 9 heteroatoms. The Balaban J connectivity index is 1.55. The maximum atomic E-state index is 11.5. The highest BCUT2D eigenvalue weighted by molar-refractivity contribution is 7.92. The van der Waals surface area contributed by atoms with E-state index in [1.165, 1.54) is 0 Å². The van der Waals surface area contributed by atoms with Crippen molar-refractivity contribution in [2.75, 3.05) is 42.3 Å². The normalized spacial score (nSPS) is 14.9. The highest BCUT2D eigenvalue weighted by Gasteiger charge is 2.25. The van der Waals surface area contributed by atoms with Crippen LogP contribution < -0.4 is 9.73 Å². The van der Waals surface area contributed by atoms with Gasteiger partial charge in [0.15, 0.2) is 5.58 Å². The van der Waals surface area contributed by atoms with Crippen LogP contribution in [0.3, 0.4) is 0 Å². The quantitative estimate of drug-likeness (QED) is 0.456. The number of rotatable bonds is 6. The van der Waals surface area contributed by atoms with Crippen molar-refractivity contribution in [1.82, 2.24) is 9.99 Å². The van der Waals surface area contributed by atoms with Crippen LogP contribution in [0.2, 0.25) is 0 Å². The number of fused-ring (bicyclic) bond motifs is 1. The Morgan fingerprint density at radius 2 is 1.67 bits per heavy atom. The van der Waals surface area contributed by atoms with Gasteiger partial charge in [0.05, 0.1) is 25.2 Å². The Kier molecular flexibility index (Phi) is 5.76. The molecule has 0 atom stereocenters. The summed E-state index contributed by atoms with van der Waals surface area (Å²) >= 11 is 0. The molecule has 0 aliphatic carbocycles. The Morgan fingerprint density at radius 1 is 0.939 bits per heavy atom. The van der Waals surface area contributed by atoms with E-state index in [4.69, 9.17) is 14.1 Å². The molecule has 4 aromatic rings. The first-order chi connectivity index (χ1) is 16.0. The summed E-state index contributed by atoms with van der Waals surface area (Å²) in [4.78, 5) is 4.80. The standard InChI is InChI=1S/C24H24N4O4S/c1-33(29,30)26-19-12-10-18(11-13-19)21-8-5-9-22-23(21)32-24(25-22)28(20-6-3-2-4-7-20)27-14-16-31-17-15-27/h2-13,26H,14-17H2,1H3. The van der Waals surface area contributed by atoms with Gasteiger partial charge in [0.1, 0.15) is 5.52 Å². The maximum absolute atomic E-state index is 11.5. The van der Waals surface area contributed by atoms with Crippen molar-refractivity contribution in [1.29, 1.82) is 0 Å². The lowest BCUT2D eigenvalue weighted by Gasteiger charge is -2.36. The van der Waals surface area contributed by atoms with E-state index in [2.05, 4.69) is 9.73 Å². The largest absolute Gasteiger partial charge is 0.422 e. The first-order valence-electron chi connectivity index (χ1n) is 10.6. The number of hydrazine groups is 1. The molecular weight excluding hydrogens is 440 g/mol. The van der Waals surface area contributed by atoms with E-state index in [0.29, 0.717) is 30.5 Å². The number of para-hydroxylation sites is 2.